The van der Waals surface area contributed by atoms with E-state index in [1.165, 1.54) is 33.0 Å². The van der Waals surface area contributed by atoms with Gasteiger partial charge in [0.15, 0.2) is 5.13 Å². The highest BCUT2D eigenvalue weighted by molar-refractivity contribution is 7.99. The minimum Gasteiger partial charge on any atom is -0.302 e. The molecule has 2 heterocycles. The van der Waals surface area contributed by atoms with Crippen LogP contribution in [0.4, 0.5) is 5.13 Å². The van der Waals surface area contributed by atoms with Crippen molar-refractivity contribution in [1.82, 2.24) is 9.29 Å². The van der Waals surface area contributed by atoms with Crippen LogP contribution in [0.15, 0.2) is 63.7 Å². The predicted octanol–water partition coefficient (Wildman–Crippen LogP) is 5.13. The molecule has 0 atom stereocenters. The number of thiazole rings is 1. The number of benzene rings is 2. The molecule has 1 aliphatic rings. The summed E-state index contributed by atoms with van der Waals surface area (Å²) in [6.07, 6.45) is 3.84. The third-order valence-corrected chi connectivity index (χ3v) is 9.54. The van der Waals surface area contributed by atoms with Gasteiger partial charge in [-0.1, -0.05) is 43.3 Å². The van der Waals surface area contributed by atoms with E-state index in [1.807, 2.05) is 35.9 Å². The molecule has 1 amide bonds. The monoisotopic (exact) mass is 501 g/mol. The molecule has 1 aromatic heterocycles. The van der Waals surface area contributed by atoms with Crippen molar-refractivity contribution >= 4 is 44.2 Å². The Balaban J connectivity index is 1.36. The summed E-state index contributed by atoms with van der Waals surface area (Å²) in [4.78, 5) is 18.4. The number of carbonyl (C=O) groups is 1. The predicted molar refractivity (Wildman–Crippen MR) is 135 cm³/mol. The Morgan fingerprint density at radius 2 is 1.85 bits per heavy atom. The molecule has 0 bridgehead atoms. The lowest BCUT2D eigenvalue weighted by Gasteiger charge is -2.30. The number of nitrogens with zero attached hydrogens (tertiary/aromatic N) is 2. The van der Waals surface area contributed by atoms with Crippen LogP contribution in [0, 0.1) is 5.92 Å². The summed E-state index contributed by atoms with van der Waals surface area (Å²) in [6.45, 7) is 2.78. The number of rotatable bonds is 7. The van der Waals surface area contributed by atoms with Crippen LogP contribution in [0.3, 0.4) is 0 Å². The van der Waals surface area contributed by atoms with Crippen LogP contribution in [0.25, 0.3) is 11.3 Å². The molecule has 0 radical (unpaired) electrons. The highest BCUT2D eigenvalue weighted by Crippen LogP contribution is 2.31. The molecule has 2 aromatic carbocycles. The number of hydrogen-bond donors (Lipinski definition) is 1. The van der Waals surface area contributed by atoms with Gasteiger partial charge < -0.3 is 5.32 Å². The molecular formula is C24H27N3O3S3. The van der Waals surface area contributed by atoms with E-state index in [1.54, 1.807) is 12.1 Å². The van der Waals surface area contributed by atoms with Crippen LogP contribution in [0.2, 0.25) is 0 Å². The maximum absolute atomic E-state index is 13.1. The fourth-order valence-electron chi connectivity index (χ4n) is 3.91. The Kier molecular flexibility index (Phi) is 7.53. The molecule has 1 saturated heterocycles. The summed E-state index contributed by atoms with van der Waals surface area (Å²) in [5, 5.41) is 5.43. The third-order valence-electron chi connectivity index (χ3n) is 5.90. The van der Waals surface area contributed by atoms with Crippen molar-refractivity contribution in [3.63, 3.8) is 0 Å². The molecule has 33 heavy (non-hydrogen) atoms. The minimum atomic E-state index is -3.57. The highest BCUT2D eigenvalue weighted by atomic mass is 32.2. The lowest BCUT2D eigenvalue weighted by molar-refractivity contribution is -0.120. The number of amides is 1. The quantitative estimate of drug-likeness (QED) is 0.454. The zero-order valence-corrected chi connectivity index (χ0v) is 21.1. The van der Waals surface area contributed by atoms with Crippen molar-refractivity contribution in [2.24, 2.45) is 5.92 Å². The second-order valence-electron chi connectivity index (χ2n) is 7.91. The Morgan fingerprint density at radius 3 is 2.52 bits per heavy atom. The van der Waals surface area contributed by atoms with E-state index < -0.39 is 10.0 Å². The van der Waals surface area contributed by atoms with Crippen LogP contribution in [0.1, 0.15) is 25.3 Å². The molecule has 9 heteroatoms. The minimum absolute atomic E-state index is 0.0983. The zero-order chi connectivity index (χ0) is 23.4. The van der Waals surface area contributed by atoms with E-state index in [0.717, 1.165) is 22.6 Å². The normalized spacial score (nSPS) is 15.5. The van der Waals surface area contributed by atoms with Crippen molar-refractivity contribution in [1.29, 1.82) is 0 Å². The summed E-state index contributed by atoms with van der Waals surface area (Å²) >= 11 is 2.82. The van der Waals surface area contributed by atoms with Crippen LogP contribution in [-0.4, -0.2) is 43.0 Å². The van der Waals surface area contributed by atoms with Gasteiger partial charge in [0.1, 0.15) is 0 Å². The summed E-state index contributed by atoms with van der Waals surface area (Å²) in [7, 11) is -3.57. The third kappa shape index (κ3) is 5.32. The molecule has 4 rings (SSSR count). The molecule has 0 saturated carbocycles. The van der Waals surface area contributed by atoms with Crippen LogP contribution >= 0.6 is 23.1 Å². The van der Waals surface area contributed by atoms with Crippen LogP contribution in [-0.2, 0) is 21.2 Å². The van der Waals surface area contributed by atoms with Crippen LogP contribution in [0.5, 0.6) is 0 Å². The number of nitrogens with one attached hydrogen (secondary N) is 1. The number of thioether (sulfide) groups is 1. The molecule has 3 aromatic rings. The number of piperidine rings is 1. The molecule has 0 unspecified atom stereocenters. The van der Waals surface area contributed by atoms with E-state index in [4.69, 9.17) is 0 Å². The van der Waals surface area contributed by atoms with E-state index >= 15 is 0 Å². The molecule has 1 aliphatic heterocycles. The Hall–Kier alpha value is -2.20. The van der Waals surface area contributed by atoms with E-state index in [2.05, 4.69) is 29.4 Å². The number of hydrogen-bond acceptors (Lipinski definition) is 6. The highest BCUT2D eigenvalue weighted by Gasteiger charge is 2.33. The molecule has 0 spiro atoms. The summed E-state index contributed by atoms with van der Waals surface area (Å²) in [5.41, 5.74) is 3.13. The first-order valence-electron chi connectivity index (χ1n) is 10.9. The van der Waals surface area contributed by atoms with Gasteiger partial charge in [0, 0.05) is 34.8 Å². The summed E-state index contributed by atoms with van der Waals surface area (Å²) in [5.74, 6) is -0.331. The molecule has 6 nitrogen and oxygen atoms in total. The lowest BCUT2D eigenvalue weighted by Crippen LogP contribution is -2.41. The van der Waals surface area contributed by atoms with Gasteiger partial charge in [-0.25, -0.2) is 13.4 Å². The smallest absolute Gasteiger partial charge is 0.244 e. The summed E-state index contributed by atoms with van der Waals surface area (Å²) in [6, 6.07) is 15.3. The first-order valence-corrected chi connectivity index (χ1v) is 14.5. The Bertz CT molecular complexity index is 1220. The Morgan fingerprint density at radius 1 is 1.15 bits per heavy atom. The largest absolute Gasteiger partial charge is 0.302 e. The van der Waals surface area contributed by atoms with E-state index in [9.17, 15) is 13.2 Å². The molecule has 1 N–H and O–H groups in total. The number of anilines is 1. The first-order chi connectivity index (χ1) is 15.9. The first kappa shape index (κ1) is 23.9. The van der Waals surface area contributed by atoms with Gasteiger partial charge in [0.2, 0.25) is 15.9 Å². The van der Waals surface area contributed by atoms with Crippen molar-refractivity contribution in [2.75, 3.05) is 24.7 Å². The number of aryl methyl sites for hydroxylation is 1. The van der Waals surface area contributed by atoms with E-state index in [-0.39, 0.29) is 11.8 Å². The van der Waals surface area contributed by atoms with Crippen LogP contribution < -0.4 is 5.32 Å². The van der Waals surface area contributed by atoms with Crippen molar-refractivity contribution < 1.29 is 13.2 Å². The Labute approximate surface area is 203 Å². The average molecular weight is 502 g/mol. The van der Waals surface area contributed by atoms with E-state index in [0.29, 0.717) is 36.0 Å². The van der Waals surface area contributed by atoms with Crippen molar-refractivity contribution in [2.45, 2.75) is 36.0 Å². The topological polar surface area (TPSA) is 79.4 Å². The molecule has 174 valence electrons. The average Bonchev–Trinajstić information content (AvgIpc) is 3.32. The van der Waals surface area contributed by atoms with Gasteiger partial charge in [-0.15, -0.1) is 23.1 Å². The van der Waals surface area contributed by atoms with Gasteiger partial charge in [-0.3, -0.25) is 4.79 Å². The van der Waals surface area contributed by atoms with Gasteiger partial charge in [-0.2, -0.15) is 4.31 Å². The number of sulfonamides is 1. The molecule has 0 aliphatic carbocycles. The SMILES string of the molecule is CCc1ccc(-c2csc(NC(=O)C3CCN(S(=O)(=O)c4ccccc4SC)CC3)n2)cc1. The molecule has 1 fully saturated rings. The van der Waals surface area contributed by atoms with Gasteiger partial charge >= 0.3 is 0 Å². The zero-order valence-electron chi connectivity index (χ0n) is 18.7. The fraction of sp³-hybridized carbons (Fsp3) is 0.333. The lowest BCUT2D eigenvalue weighted by atomic mass is 9.97. The summed E-state index contributed by atoms with van der Waals surface area (Å²) < 4.78 is 27.7. The fourth-order valence-corrected chi connectivity index (χ4v) is 7.23. The number of aromatic nitrogens is 1. The number of carbonyl (C=O) groups excluding carboxylic acids is 1. The maximum atomic E-state index is 13.1. The second-order valence-corrected chi connectivity index (χ2v) is 11.5. The standard InChI is InChI=1S/C24H27N3O3S3/c1-3-17-8-10-18(11-9-17)20-16-32-24(25-20)26-23(28)19-12-14-27(15-13-19)33(29,30)22-7-5-4-6-21(22)31-2/h4-11,16,19H,3,12-15H2,1-2H3,(H,25,26,28). The second kappa shape index (κ2) is 10.4. The van der Waals surface area contributed by atoms with Gasteiger partial charge in [0.05, 0.1) is 10.6 Å². The van der Waals surface area contributed by atoms with Gasteiger partial charge in [-0.05, 0) is 43.2 Å². The van der Waals surface area contributed by atoms with Crippen molar-refractivity contribution in [3.8, 4) is 11.3 Å². The maximum Gasteiger partial charge on any atom is 0.244 e. The molecular weight excluding hydrogens is 474 g/mol. The van der Waals surface area contributed by atoms with Crippen molar-refractivity contribution in [3.05, 3.63) is 59.5 Å². The van der Waals surface area contributed by atoms with Gasteiger partial charge in [0.25, 0.3) is 0 Å².